The SMILES string of the molecule is O=C(NCC(c1ccc2c(c1)OCO2)N1CCCC1)NC1CCCCC1. The zero-order valence-corrected chi connectivity index (χ0v) is 15.3. The Balaban J connectivity index is 1.39. The Morgan fingerprint density at radius 2 is 1.85 bits per heavy atom. The van der Waals surface area contributed by atoms with E-state index in [1.165, 1.54) is 37.7 Å². The first-order valence-electron chi connectivity index (χ1n) is 9.97. The normalized spacial score (nSPS) is 21.5. The van der Waals surface area contributed by atoms with E-state index >= 15 is 0 Å². The van der Waals surface area contributed by atoms with Gasteiger partial charge in [0.15, 0.2) is 11.5 Å². The number of rotatable bonds is 5. The van der Waals surface area contributed by atoms with Crippen LogP contribution < -0.4 is 20.1 Å². The topological polar surface area (TPSA) is 62.8 Å². The largest absolute Gasteiger partial charge is 0.454 e. The van der Waals surface area contributed by atoms with Crippen LogP contribution in [0.1, 0.15) is 56.6 Å². The molecule has 0 aromatic heterocycles. The Labute approximate surface area is 155 Å². The van der Waals surface area contributed by atoms with Crippen LogP contribution in [0.15, 0.2) is 18.2 Å². The van der Waals surface area contributed by atoms with Crippen molar-refractivity contribution in [2.75, 3.05) is 26.4 Å². The quantitative estimate of drug-likeness (QED) is 0.848. The van der Waals surface area contributed by atoms with Gasteiger partial charge in [-0.3, -0.25) is 4.90 Å². The average molecular weight is 359 g/mol. The fourth-order valence-electron chi connectivity index (χ4n) is 4.30. The molecule has 2 heterocycles. The predicted molar refractivity (Wildman–Crippen MR) is 99.5 cm³/mol. The summed E-state index contributed by atoms with van der Waals surface area (Å²) < 4.78 is 11.0. The van der Waals surface area contributed by atoms with Gasteiger partial charge in [-0.25, -0.2) is 4.79 Å². The maximum Gasteiger partial charge on any atom is 0.315 e. The fourth-order valence-corrected chi connectivity index (χ4v) is 4.30. The molecule has 0 radical (unpaired) electrons. The van der Waals surface area contributed by atoms with Gasteiger partial charge in [-0.2, -0.15) is 0 Å². The maximum absolute atomic E-state index is 12.4. The van der Waals surface area contributed by atoms with Crippen LogP contribution in [0, 0.1) is 0 Å². The summed E-state index contributed by atoms with van der Waals surface area (Å²) in [7, 11) is 0. The van der Waals surface area contributed by atoms with Gasteiger partial charge < -0.3 is 20.1 Å². The van der Waals surface area contributed by atoms with Crippen LogP contribution in [0.2, 0.25) is 0 Å². The number of likely N-dealkylation sites (tertiary alicyclic amines) is 1. The summed E-state index contributed by atoms with van der Waals surface area (Å²) in [6.45, 7) is 3.05. The summed E-state index contributed by atoms with van der Waals surface area (Å²) in [4.78, 5) is 14.8. The minimum Gasteiger partial charge on any atom is -0.454 e. The van der Waals surface area contributed by atoms with Crippen LogP contribution in [0.5, 0.6) is 11.5 Å². The van der Waals surface area contributed by atoms with Gasteiger partial charge in [-0.1, -0.05) is 25.3 Å². The van der Waals surface area contributed by atoms with Crippen LogP contribution in [-0.4, -0.2) is 43.4 Å². The molecule has 1 unspecified atom stereocenters. The third kappa shape index (κ3) is 4.06. The number of nitrogens with one attached hydrogen (secondary N) is 2. The molecule has 1 aliphatic carbocycles. The first-order valence-corrected chi connectivity index (χ1v) is 9.97. The smallest absolute Gasteiger partial charge is 0.315 e. The van der Waals surface area contributed by atoms with Crippen LogP contribution in [-0.2, 0) is 0 Å². The molecule has 4 rings (SSSR count). The maximum atomic E-state index is 12.4. The minimum atomic E-state index is -0.0400. The molecule has 6 nitrogen and oxygen atoms in total. The van der Waals surface area contributed by atoms with E-state index in [9.17, 15) is 4.79 Å². The number of hydrogen-bond donors (Lipinski definition) is 2. The molecule has 1 aromatic carbocycles. The lowest BCUT2D eigenvalue weighted by Crippen LogP contribution is -2.45. The molecule has 2 aliphatic heterocycles. The fraction of sp³-hybridized carbons (Fsp3) is 0.650. The van der Waals surface area contributed by atoms with Crippen molar-refractivity contribution in [1.82, 2.24) is 15.5 Å². The monoisotopic (exact) mass is 359 g/mol. The van der Waals surface area contributed by atoms with Crippen molar-refractivity contribution in [3.05, 3.63) is 23.8 Å². The van der Waals surface area contributed by atoms with Gasteiger partial charge in [0, 0.05) is 12.6 Å². The molecule has 1 atom stereocenters. The zero-order valence-electron chi connectivity index (χ0n) is 15.3. The van der Waals surface area contributed by atoms with Gasteiger partial charge in [0.25, 0.3) is 0 Å². The van der Waals surface area contributed by atoms with Crippen molar-refractivity contribution in [2.24, 2.45) is 0 Å². The molecule has 26 heavy (non-hydrogen) atoms. The van der Waals surface area contributed by atoms with Gasteiger partial charge >= 0.3 is 6.03 Å². The lowest BCUT2D eigenvalue weighted by molar-refractivity contribution is 0.173. The highest BCUT2D eigenvalue weighted by Gasteiger charge is 2.26. The van der Waals surface area contributed by atoms with Crippen molar-refractivity contribution in [2.45, 2.75) is 57.0 Å². The van der Waals surface area contributed by atoms with Crippen molar-refractivity contribution in [1.29, 1.82) is 0 Å². The van der Waals surface area contributed by atoms with Gasteiger partial charge in [-0.15, -0.1) is 0 Å². The van der Waals surface area contributed by atoms with Crippen LogP contribution in [0.25, 0.3) is 0 Å². The lowest BCUT2D eigenvalue weighted by Gasteiger charge is -2.29. The summed E-state index contributed by atoms with van der Waals surface area (Å²) in [5.74, 6) is 1.61. The van der Waals surface area contributed by atoms with E-state index in [-0.39, 0.29) is 18.9 Å². The number of carbonyl (C=O) groups is 1. The molecule has 0 spiro atoms. The average Bonchev–Trinajstić information content (AvgIpc) is 3.34. The van der Waals surface area contributed by atoms with E-state index in [1.807, 2.05) is 6.07 Å². The van der Waals surface area contributed by atoms with E-state index in [4.69, 9.17) is 9.47 Å². The second-order valence-corrected chi connectivity index (χ2v) is 7.56. The number of amides is 2. The molecule has 2 fully saturated rings. The number of urea groups is 1. The molecule has 6 heteroatoms. The summed E-state index contributed by atoms with van der Waals surface area (Å²) in [6, 6.07) is 6.59. The lowest BCUT2D eigenvalue weighted by atomic mass is 9.96. The molecule has 1 aromatic rings. The molecule has 2 N–H and O–H groups in total. The van der Waals surface area contributed by atoms with Crippen LogP contribution in [0.4, 0.5) is 4.79 Å². The number of ether oxygens (including phenoxy) is 2. The Morgan fingerprint density at radius 1 is 1.08 bits per heavy atom. The first kappa shape index (κ1) is 17.5. The molecule has 1 saturated heterocycles. The molecule has 2 amide bonds. The standard InChI is InChI=1S/C20H29N3O3/c24-20(22-16-6-2-1-3-7-16)21-13-17(23-10-4-5-11-23)15-8-9-18-19(12-15)26-14-25-18/h8-9,12,16-17H,1-7,10-11,13-14H2,(H2,21,22,24). The Morgan fingerprint density at radius 3 is 2.65 bits per heavy atom. The van der Waals surface area contributed by atoms with Crippen molar-refractivity contribution >= 4 is 6.03 Å². The Kier molecular flexibility index (Phi) is 5.48. The van der Waals surface area contributed by atoms with Gasteiger partial charge in [-0.05, 0) is 56.5 Å². The van der Waals surface area contributed by atoms with E-state index in [1.54, 1.807) is 0 Å². The Bertz CT molecular complexity index is 625. The number of nitrogens with zero attached hydrogens (tertiary/aromatic N) is 1. The third-order valence-corrected chi connectivity index (χ3v) is 5.76. The van der Waals surface area contributed by atoms with E-state index in [2.05, 4.69) is 27.7 Å². The van der Waals surface area contributed by atoms with Gasteiger partial charge in [0.05, 0.1) is 6.04 Å². The molecule has 1 saturated carbocycles. The van der Waals surface area contributed by atoms with E-state index in [0.717, 1.165) is 37.4 Å². The minimum absolute atomic E-state index is 0.0400. The molecular formula is C20H29N3O3. The number of hydrogen-bond acceptors (Lipinski definition) is 4. The van der Waals surface area contributed by atoms with Crippen LogP contribution >= 0.6 is 0 Å². The summed E-state index contributed by atoms with van der Waals surface area (Å²) in [5, 5.41) is 6.25. The number of fused-ring (bicyclic) bond motifs is 1. The molecule has 3 aliphatic rings. The molecule has 142 valence electrons. The Hall–Kier alpha value is -1.95. The van der Waals surface area contributed by atoms with E-state index in [0.29, 0.717) is 12.6 Å². The number of carbonyl (C=O) groups excluding carboxylic acids is 1. The molecule has 0 bridgehead atoms. The van der Waals surface area contributed by atoms with Crippen molar-refractivity contribution in [3.63, 3.8) is 0 Å². The third-order valence-electron chi connectivity index (χ3n) is 5.76. The second kappa shape index (κ2) is 8.16. The summed E-state index contributed by atoms with van der Waals surface area (Å²) in [6.07, 6.45) is 8.37. The van der Waals surface area contributed by atoms with Crippen LogP contribution in [0.3, 0.4) is 0 Å². The number of benzene rings is 1. The van der Waals surface area contributed by atoms with Gasteiger partial charge in [0.2, 0.25) is 6.79 Å². The van der Waals surface area contributed by atoms with E-state index < -0.39 is 0 Å². The molecular weight excluding hydrogens is 330 g/mol. The van der Waals surface area contributed by atoms with Crippen molar-refractivity contribution < 1.29 is 14.3 Å². The summed E-state index contributed by atoms with van der Waals surface area (Å²) >= 11 is 0. The summed E-state index contributed by atoms with van der Waals surface area (Å²) in [5.41, 5.74) is 1.18. The highest BCUT2D eigenvalue weighted by atomic mass is 16.7. The highest BCUT2D eigenvalue weighted by Crippen LogP contribution is 2.36. The van der Waals surface area contributed by atoms with Crippen molar-refractivity contribution in [3.8, 4) is 11.5 Å². The highest BCUT2D eigenvalue weighted by molar-refractivity contribution is 5.74. The first-order chi connectivity index (χ1) is 12.8. The predicted octanol–water partition coefficient (Wildman–Crippen LogP) is 3.18. The zero-order chi connectivity index (χ0) is 17.8. The second-order valence-electron chi connectivity index (χ2n) is 7.56. The van der Waals surface area contributed by atoms with Gasteiger partial charge in [0.1, 0.15) is 0 Å².